The van der Waals surface area contributed by atoms with E-state index in [1.54, 1.807) is 13.8 Å². The summed E-state index contributed by atoms with van der Waals surface area (Å²) in [4.78, 5) is 0. The van der Waals surface area contributed by atoms with Gasteiger partial charge < -0.3 is 24.2 Å². The number of quaternary nitrogens is 1. The highest BCUT2D eigenvalue weighted by atomic mass is 16.5. The molecule has 2 aromatic rings. The molecule has 0 aliphatic carbocycles. The summed E-state index contributed by atoms with van der Waals surface area (Å²) in [5.41, 5.74) is 3.19. The van der Waals surface area contributed by atoms with Crippen LogP contribution in [0.25, 0.3) is 0 Å². The summed E-state index contributed by atoms with van der Waals surface area (Å²) in [5, 5.41) is 15.1. The third-order valence-electron chi connectivity index (χ3n) is 5.40. The molecular weight excluding hydrogens is 450 g/mol. The van der Waals surface area contributed by atoms with E-state index in [4.69, 9.17) is 19.7 Å². The van der Waals surface area contributed by atoms with Crippen molar-refractivity contribution in [2.75, 3.05) is 47.6 Å². The van der Waals surface area contributed by atoms with Gasteiger partial charge in [0.25, 0.3) is 0 Å². The summed E-state index contributed by atoms with van der Waals surface area (Å²) in [5.74, 6) is 0.911. The first-order valence-electron chi connectivity index (χ1n) is 13.0. The predicted octanol–water partition coefficient (Wildman–Crippen LogP) is 6.07. The summed E-state index contributed by atoms with van der Waals surface area (Å²) >= 11 is 0. The van der Waals surface area contributed by atoms with Gasteiger partial charge in [0.1, 0.15) is 25.4 Å². The topological polar surface area (TPSA) is 58.9 Å². The number of aliphatic hydroxyl groups excluding tert-OH is 2. The Morgan fingerprint density at radius 1 is 0.806 bits per heavy atom. The van der Waals surface area contributed by atoms with E-state index in [0.717, 1.165) is 43.5 Å². The molecule has 0 heterocycles. The zero-order valence-corrected chi connectivity index (χ0v) is 24.7. The second-order valence-corrected chi connectivity index (χ2v) is 12.0. The monoisotopic (exact) mass is 504 g/mol. The molecule has 0 spiro atoms. The van der Waals surface area contributed by atoms with Crippen LogP contribution in [-0.4, -0.2) is 68.4 Å². The maximum Gasteiger partial charge on any atom is 0.119 e. The van der Waals surface area contributed by atoms with Crippen molar-refractivity contribution < 1.29 is 24.2 Å². The van der Waals surface area contributed by atoms with Crippen molar-refractivity contribution in [3.63, 3.8) is 0 Å². The number of ether oxygens (including phenoxy) is 2. The van der Waals surface area contributed by atoms with Crippen LogP contribution >= 0.6 is 0 Å². The summed E-state index contributed by atoms with van der Waals surface area (Å²) in [6, 6.07) is 19.2. The maximum absolute atomic E-state index is 8.06. The van der Waals surface area contributed by atoms with Crippen molar-refractivity contribution in [2.24, 2.45) is 5.41 Å². The lowest BCUT2D eigenvalue weighted by Crippen LogP contribution is -2.41. The first kappa shape index (κ1) is 34.1. The predicted molar refractivity (Wildman–Crippen MR) is 152 cm³/mol. The lowest BCUT2D eigenvalue weighted by molar-refractivity contribution is -0.904. The Kier molecular flexibility index (Phi) is 15.9. The van der Waals surface area contributed by atoms with E-state index >= 15 is 0 Å². The lowest BCUT2D eigenvalue weighted by Gasteiger charge is -2.33. The minimum atomic E-state index is -0.167. The summed E-state index contributed by atoms with van der Waals surface area (Å²) < 4.78 is 12.6. The minimum Gasteiger partial charge on any atom is -0.491 e. The molecule has 0 saturated heterocycles. The van der Waals surface area contributed by atoms with Crippen molar-refractivity contribution in [1.29, 1.82) is 0 Å². The molecule has 5 heteroatoms. The zero-order valence-electron chi connectivity index (χ0n) is 24.7. The van der Waals surface area contributed by atoms with E-state index in [-0.39, 0.29) is 11.5 Å². The number of likely N-dealkylation sites (N-methyl/N-ethyl adjacent to an activating group) is 1. The van der Waals surface area contributed by atoms with E-state index in [2.05, 4.69) is 103 Å². The number of benzene rings is 2. The fourth-order valence-electron chi connectivity index (χ4n) is 4.22. The minimum absolute atomic E-state index is 0.157. The fourth-order valence-corrected chi connectivity index (χ4v) is 4.22. The second-order valence-electron chi connectivity index (χ2n) is 12.0. The van der Waals surface area contributed by atoms with Crippen molar-refractivity contribution >= 4 is 0 Å². The standard InChI is InChI=1S/C27H42NO2.C3H8O.CH4O/c1-26(2,3)22-27(4,5)24-13-15-25(16-14-24)30-20-19-29-18-17-28(6,7)21-23-11-9-8-10-12-23;1-3(2)4;1-2/h8-16H,17-22H2,1-7H3;3-4H,1-2H3;2H,1H3/q+1;;. The van der Waals surface area contributed by atoms with Crippen LogP contribution in [0.3, 0.4) is 0 Å². The Morgan fingerprint density at radius 3 is 1.83 bits per heavy atom. The molecule has 0 fully saturated rings. The first-order chi connectivity index (χ1) is 16.7. The van der Waals surface area contributed by atoms with Gasteiger partial charge in [-0.25, -0.2) is 0 Å². The maximum atomic E-state index is 8.06. The van der Waals surface area contributed by atoms with E-state index < -0.39 is 0 Å². The summed E-state index contributed by atoms with van der Waals surface area (Å²) in [6.07, 6.45) is 0.979. The molecule has 0 atom stereocenters. The SMILES string of the molecule is CC(C)(C)CC(C)(C)c1ccc(OCCOCC[N+](C)(C)Cc2ccccc2)cc1.CC(C)O.CO. The number of hydrogen-bond donors (Lipinski definition) is 2. The molecule has 5 nitrogen and oxygen atoms in total. The molecule has 2 rings (SSSR count). The smallest absolute Gasteiger partial charge is 0.119 e. The van der Waals surface area contributed by atoms with Crippen molar-refractivity contribution in [2.45, 2.75) is 73.0 Å². The molecule has 0 aliphatic heterocycles. The van der Waals surface area contributed by atoms with E-state index in [1.807, 2.05) is 0 Å². The average molecular weight is 505 g/mol. The highest BCUT2D eigenvalue weighted by Gasteiger charge is 2.27. The van der Waals surface area contributed by atoms with Crippen LogP contribution in [0, 0.1) is 5.41 Å². The van der Waals surface area contributed by atoms with Gasteiger partial charge in [-0.2, -0.15) is 0 Å². The molecule has 0 bridgehead atoms. The fraction of sp³-hybridized carbons (Fsp3) is 0.613. The van der Waals surface area contributed by atoms with Gasteiger partial charge in [-0.1, -0.05) is 77.1 Å². The Morgan fingerprint density at radius 2 is 1.33 bits per heavy atom. The van der Waals surface area contributed by atoms with Gasteiger partial charge in [0.15, 0.2) is 0 Å². The second kappa shape index (κ2) is 16.8. The molecule has 0 amide bonds. The van der Waals surface area contributed by atoms with Crippen LogP contribution in [0.1, 0.15) is 66.0 Å². The third-order valence-corrected chi connectivity index (χ3v) is 5.40. The van der Waals surface area contributed by atoms with Crippen LogP contribution in [0.5, 0.6) is 5.75 Å². The molecule has 0 saturated carbocycles. The van der Waals surface area contributed by atoms with Gasteiger partial charge in [-0.15, -0.1) is 0 Å². The van der Waals surface area contributed by atoms with Crippen LogP contribution in [0.15, 0.2) is 54.6 Å². The number of rotatable bonds is 11. The Labute approximate surface area is 221 Å². The molecule has 2 N–H and O–H groups in total. The largest absolute Gasteiger partial charge is 0.491 e. The normalized spacial score (nSPS) is 11.8. The van der Waals surface area contributed by atoms with Gasteiger partial charge in [-0.3, -0.25) is 0 Å². The van der Waals surface area contributed by atoms with Crippen LogP contribution in [0.4, 0.5) is 0 Å². The Balaban J connectivity index is 0.00000185. The third kappa shape index (κ3) is 16.7. The highest BCUT2D eigenvalue weighted by Crippen LogP contribution is 2.36. The molecule has 36 heavy (non-hydrogen) atoms. The number of aliphatic hydroxyl groups is 2. The average Bonchev–Trinajstić information content (AvgIpc) is 2.76. The Bertz CT molecular complexity index is 791. The van der Waals surface area contributed by atoms with Gasteiger partial charge in [0, 0.05) is 18.8 Å². The number of hydrogen-bond acceptors (Lipinski definition) is 4. The van der Waals surface area contributed by atoms with Gasteiger partial charge in [-0.05, 0) is 48.8 Å². The highest BCUT2D eigenvalue weighted by molar-refractivity contribution is 5.31. The van der Waals surface area contributed by atoms with E-state index in [9.17, 15) is 0 Å². The van der Waals surface area contributed by atoms with Crippen LogP contribution < -0.4 is 4.74 Å². The molecular formula is C31H54NO4+. The van der Waals surface area contributed by atoms with Crippen molar-refractivity contribution in [3.05, 3.63) is 65.7 Å². The first-order valence-corrected chi connectivity index (χ1v) is 13.0. The van der Waals surface area contributed by atoms with Gasteiger partial charge in [0.05, 0.1) is 27.3 Å². The zero-order chi connectivity index (χ0) is 27.8. The quantitative estimate of drug-likeness (QED) is 0.288. The summed E-state index contributed by atoms with van der Waals surface area (Å²) in [7, 11) is 5.49. The van der Waals surface area contributed by atoms with Crippen molar-refractivity contribution in [1.82, 2.24) is 0 Å². The molecule has 0 unspecified atom stereocenters. The molecule has 0 radical (unpaired) electrons. The molecule has 2 aromatic carbocycles. The van der Waals surface area contributed by atoms with E-state index in [0.29, 0.717) is 18.6 Å². The van der Waals surface area contributed by atoms with Crippen LogP contribution in [-0.2, 0) is 16.7 Å². The number of nitrogens with zero attached hydrogens (tertiary/aromatic N) is 1. The lowest BCUT2D eigenvalue weighted by atomic mass is 9.72. The van der Waals surface area contributed by atoms with Gasteiger partial charge >= 0.3 is 0 Å². The van der Waals surface area contributed by atoms with Gasteiger partial charge in [0.2, 0.25) is 0 Å². The summed E-state index contributed by atoms with van der Waals surface area (Å²) in [6.45, 7) is 18.9. The molecule has 0 aliphatic rings. The van der Waals surface area contributed by atoms with E-state index in [1.165, 1.54) is 11.1 Å². The molecule has 0 aromatic heterocycles. The molecule has 206 valence electrons. The van der Waals surface area contributed by atoms with Crippen LogP contribution in [0.2, 0.25) is 0 Å². The van der Waals surface area contributed by atoms with Crippen molar-refractivity contribution in [3.8, 4) is 5.75 Å². The Hall–Kier alpha value is -1.92.